The van der Waals surface area contributed by atoms with Crippen LogP contribution < -0.4 is 5.32 Å². The zero-order chi connectivity index (χ0) is 10.8. The summed E-state index contributed by atoms with van der Waals surface area (Å²) >= 11 is 1.78. The predicted octanol–water partition coefficient (Wildman–Crippen LogP) is 2.15. The molecular weight excluding hydrogens is 220 g/mol. The zero-order valence-electron chi connectivity index (χ0n) is 9.45. The van der Waals surface area contributed by atoms with Crippen molar-refractivity contribution in [3.8, 4) is 0 Å². The summed E-state index contributed by atoms with van der Waals surface area (Å²) in [6.07, 6.45) is 3.96. The van der Waals surface area contributed by atoms with E-state index < -0.39 is 0 Å². The molecule has 16 heavy (non-hydrogen) atoms. The molecule has 1 saturated heterocycles. The number of hydrogen-bond acceptors (Lipinski definition) is 4. The van der Waals surface area contributed by atoms with Gasteiger partial charge in [0.25, 0.3) is 0 Å². The van der Waals surface area contributed by atoms with Crippen LogP contribution in [0.1, 0.15) is 35.9 Å². The molecule has 2 fully saturated rings. The molecular formula is C12H18N2OS. The first-order valence-electron chi connectivity index (χ1n) is 6.14. The topological polar surface area (TPSA) is 34.2 Å². The Morgan fingerprint density at radius 3 is 3.12 bits per heavy atom. The van der Waals surface area contributed by atoms with E-state index >= 15 is 0 Å². The fourth-order valence-electron chi connectivity index (χ4n) is 2.07. The minimum absolute atomic E-state index is 0.549. The summed E-state index contributed by atoms with van der Waals surface area (Å²) in [5.41, 5.74) is 1.24. The molecule has 1 atom stereocenters. The molecule has 0 amide bonds. The van der Waals surface area contributed by atoms with Gasteiger partial charge in [-0.05, 0) is 31.7 Å². The Morgan fingerprint density at radius 2 is 2.38 bits per heavy atom. The Hall–Kier alpha value is -0.450. The van der Waals surface area contributed by atoms with E-state index in [9.17, 15) is 0 Å². The van der Waals surface area contributed by atoms with Crippen molar-refractivity contribution < 1.29 is 4.74 Å². The Kier molecular flexibility index (Phi) is 3.22. The minimum Gasteiger partial charge on any atom is -0.381 e. The summed E-state index contributed by atoms with van der Waals surface area (Å²) in [5, 5.41) is 6.91. The summed E-state index contributed by atoms with van der Waals surface area (Å²) in [7, 11) is 0. The van der Waals surface area contributed by atoms with Crippen LogP contribution in [0.4, 0.5) is 0 Å². The molecule has 0 bridgehead atoms. The van der Waals surface area contributed by atoms with Crippen LogP contribution in [0, 0.1) is 5.92 Å². The number of nitrogens with one attached hydrogen (secondary N) is 1. The van der Waals surface area contributed by atoms with Gasteiger partial charge in [-0.2, -0.15) is 0 Å². The number of nitrogens with zero attached hydrogens (tertiary/aromatic N) is 1. The van der Waals surface area contributed by atoms with Crippen LogP contribution in [0.5, 0.6) is 0 Å². The Balaban J connectivity index is 1.50. The average Bonchev–Trinajstić information content (AvgIpc) is 2.83. The number of thiazole rings is 1. The van der Waals surface area contributed by atoms with Crippen LogP contribution in [-0.4, -0.2) is 24.7 Å². The lowest BCUT2D eigenvalue weighted by Gasteiger charge is -2.02. The van der Waals surface area contributed by atoms with Crippen LogP contribution in [-0.2, 0) is 11.3 Å². The van der Waals surface area contributed by atoms with E-state index in [1.165, 1.54) is 30.1 Å². The van der Waals surface area contributed by atoms with E-state index in [-0.39, 0.29) is 0 Å². The van der Waals surface area contributed by atoms with Gasteiger partial charge in [0.15, 0.2) is 0 Å². The van der Waals surface area contributed by atoms with Crippen molar-refractivity contribution in [3.05, 3.63) is 16.1 Å². The number of rotatable bonds is 5. The first kappa shape index (κ1) is 10.7. The van der Waals surface area contributed by atoms with Gasteiger partial charge in [0.2, 0.25) is 0 Å². The zero-order valence-corrected chi connectivity index (χ0v) is 10.3. The van der Waals surface area contributed by atoms with Gasteiger partial charge in [-0.25, -0.2) is 4.98 Å². The van der Waals surface area contributed by atoms with Gasteiger partial charge in [-0.15, -0.1) is 11.3 Å². The van der Waals surface area contributed by atoms with Gasteiger partial charge >= 0.3 is 0 Å². The maximum absolute atomic E-state index is 5.39. The second kappa shape index (κ2) is 4.82. The van der Waals surface area contributed by atoms with Gasteiger partial charge in [-0.3, -0.25) is 0 Å². The molecule has 88 valence electrons. The van der Waals surface area contributed by atoms with E-state index in [1.54, 1.807) is 11.3 Å². The highest BCUT2D eigenvalue weighted by Crippen LogP contribution is 2.28. The summed E-state index contributed by atoms with van der Waals surface area (Å²) in [5.74, 6) is 1.50. The third-order valence-electron chi connectivity index (χ3n) is 3.32. The van der Waals surface area contributed by atoms with Crippen molar-refractivity contribution >= 4 is 11.3 Å². The maximum Gasteiger partial charge on any atom is 0.107 e. The van der Waals surface area contributed by atoms with Gasteiger partial charge in [0.05, 0.1) is 12.3 Å². The lowest BCUT2D eigenvalue weighted by molar-refractivity contribution is 0.193. The van der Waals surface area contributed by atoms with E-state index in [2.05, 4.69) is 15.7 Å². The van der Waals surface area contributed by atoms with Gasteiger partial charge < -0.3 is 10.1 Å². The van der Waals surface area contributed by atoms with E-state index in [0.29, 0.717) is 5.92 Å². The second-order valence-corrected chi connectivity index (χ2v) is 5.74. The minimum atomic E-state index is 0.549. The largest absolute Gasteiger partial charge is 0.381 e. The van der Waals surface area contributed by atoms with E-state index in [1.807, 2.05) is 0 Å². The highest BCUT2D eigenvalue weighted by atomic mass is 32.1. The first-order valence-corrected chi connectivity index (χ1v) is 7.02. The summed E-state index contributed by atoms with van der Waals surface area (Å²) < 4.78 is 5.39. The van der Waals surface area contributed by atoms with Crippen molar-refractivity contribution in [1.82, 2.24) is 10.3 Å². The number of hydrogen-bond donors (Lipinski definition) is 1. The number of aromatic nitrogens is 1. The van der Waals surface area contributed by atoms with E-state index in [0.717, 1.165) is 32.1 Å². The van der Waals surface area contributed by atoms with Crippen molar-refractivity contribution in [2.45, 2.75) is 31.7 Å². The van der Waals surface area contributed by atoms with Crippen LogP contribution in [0.3, 0.4) is 0 Å². The van der Waals surface area contributed by atoms with E-state index in [4.69, 9.17) is 4.74 Å². The quantitative estimate of drug-likeness (QED) is 0.853. The monoisotopic (exact) mass is 238 g/mol. The van der Waals surface area contributed by atoms with Gasteiger partial charge in [0, 0.05) is 24.4 Å². The third-order valence-corrected chi connectivity index (χ3v) is 4.19. The molecule has 1 aliphatic carbocycles. The molecule has 1 saturated carbocycles. The van der Waals surface area contributed by atoms with Gasteiger partial charge in [-0.1, -0.05) is 0 Å². The van der Waals surface area contributed by atoms with Crippen molar-refractivity contribution in [2.24, 2.45) is 5.92 Å². The fourth-order valence-corrected chi connectivity index (χ4v) is 2.91. The average molecular weight is 238 g/mol. The molecule has 1 aromatic rings. The molecule has 0 radical (unpaired) electrons. The maximum atomic E-state index is 5.39. The summed E-state index contributed by atoms with van der Waals surface area (Å²) in [4.78, 5) is 4.69. The molecule has 1 aliphatic heterocycles. The third kappa shape index (κ3) is 2.62. The van der Waals surface area contributed by atoms with Crippen molar-refractivity contribution in [3.63, 3.8) is 0 Å². The molecule has 0 spiro atoms. The highest BCUT2D eigenvalue weighted by Gasteiger charge is 2.21. The molecule has 1 N–H and O–H groups in total. The SMILES string of the molecule is c1sc(CNCC2CC2)nc1C1CCOC1. The lowest BCUT2D eigenvalue weighted by atomic mass is 10.1. The fraction of sp³-hybridized carbons (Fsp3) is 0.750. The number of ether oxygens (including phenoxy) is 1. The predicted molar refractivity (Wildman–Crippen MR) is 64.7 cm³/mol. The molecule has 3 nitrogen and oxygen atoms in total. The molecule has 1 aromatic heterocycles. The van der Waals surface area contributed by atoms with Crippen LogP contribution in [0.15, 0.2) is 5.38 Å². The highest BCUT2D eigenvalue weighted by molar-refractivity contribution is 7.09. The first-order chi connectivity index (χ1) is 7.92. The smallest absolute Gasteiger partial charge is 0.107 e. The second-order valence-electron chi connectivity index (χ2n) is 4.80. The van der Waals surface area contributed by atoms with Crippen molar-refractivity contribution in [2.75, 3.05) is 19.8 Å². The van der Waals surface area contributed by atoms with Gasteiger partial charge in [0.1, 0.15) is 5.01 Å². The normalized spacial score (nSPS) is 25.1. The Bertz CT molecular complexity index is 343. The molecule has 1 unspecified atom stereocenters. The standard InChI is InChI=1S/C12H18N2OS/c1-2-9(1)5-13-6-12-14-11(8-16-12)10-3-4-15-7-10/h8-10,13H,1-7H2. The summed E-state index contributed by atoms with van der Waals surface area (Å²) in [6.45, 7) is 3.87. The van der Waals surface area contributed by atoms with Crippen LogP contribution >= 0.6 is 11.3 Å². The van der Waals surface area contributed by atoms with Crippen molar-refractivity contribution in [1.29, 1.82) is 0 Å². The molecule has 0 aromatic carbocycles. The lowest BCUT2D eigenvalue weighted by Crippen LogP contribution is -2.16. The molecule has 3 rings (SSSR count). The molecule has 4 heteroatoms. The molecule has 2 heterocycles. The Labute approximate surface area is 100 Å². The van der Waals surface area contributed by atoms with Crippen LogP contribution in [0.2, 0.25) is 0 Å². The van der Waals surface area contributed by atoms with Crippen LogP contribution in [0.25, 0.3) is 0 Å². The Morgan fingerprint density at radius 1 is 1.44 bits per heavy atom. The summed E-state index contributed by atoms with van der Waals surface area (Å²) in [6, 6.07) is 0. The molecule has 2 aliphatic rings.